The van der Waals surface area contributed by atoms with Crippen LogP contribution in [0.15, 0.2) is 140 Å². The first-order chi connectivity index (χ1) is 18.4. The summed E-state index contributed by atoms with van der Waals surface area (Å²) in [4.78, 5) is 24.4. The van der Waals surface area contributed by atoms with Gasteiger partial charge < -0.3 is 0 Å². The van der Waals surface area contributed by atoms with E-state index < -0.39 is 8.07 Å². The Morgan fingerprint density at radius 3 is 1.38 bits per heavy atom. The lowest BCUT2D eigenvalue weighted by Gasteiger charge is -2.32. The zero-order chi connectivity index (χ0) is 24.9. The van der Waals surface area contributed by atoms with Gasteiger partial charge in [0, 0.05) is 58.9 Å². The third kappa shape index (κ3) is 4.03. The number of benzene rings is 1. The third-order valence-corrected chi connectivity index (χ3v) is 10.8. The summed E-state index contributed by atoms with van der Waals surface area (Å²) in [6.45, 7) is 0. The van der Waals surface area contributed by atoms with E-state index in [1.807, 2.05) is 91.8 Å². The van der Waals surface area contributed by atoms with Crippen LogP contribution in [0, 0.1) is 0 Å². The summed E-state index contributed by atoms with van der Waals surface area (Å²) in [7, 11) is -3.22. The maximum Gasteiger partial charge on any atom is 0.264 e. The SMILES string of the molecule is c1ccc(-c2cccnc2[Si](c2ccccn2)(c2ccccn2)c2ncccc2-c2ccncc2)cc1. The molecule has 5 heterocycles. The number of aromatic nitrogens is 5. The summed E-state index contributed by atoms with van der Waals surface area (Å²) in [6.07, 6.45) is 11.0. The molecule has 0 atom stereocenters. The van der Waals surface area contributed by atoms with Crippen LogP contribution in [0.5, 0.6) is 0 Å². The van der Waals surface area contributed by atoms with Gasteiger partial charge in [-0.2, -0.15) is 0 Å². The monoisotopic (exact) mass is 493 g/mol. The Hall–Kier alpha value is -4.81. The summed E-state index contributed by atoms with van der Waals surface area (Å²) in [6, 6.07) is 34.8. The standard InChI is InChI=1S/C31H23N5Si/c1-2-10-24(11-3-1)26-12-8-20-35-30(26)37(28-14-4-6-18-33-28,29-15-5-7-19-34-29)31-27(13-9-21-36-31)25-16-22-32-23-17-25/h1-23H. The van der Waals surface area contributed by atoms with E-state index in [-0.39, 0.29) is 0 Å². The first kappa shape index (κ1) is 22.6. The molecule has 0 N–H and O–H groups in total. The van der Waals surface area contributed by atoms with Gasteiger partial charge in [0.15, 0.2) is 0 Å². The van der Waals surface area contributed by atoms with E-state index in [1.54, 1.807) is 0 Å². The molecular weight excluding hydrogens is 470 g/mol. The Labute approximate surface area is 216 Å². The molecule has 0 aliphatic carbocycles. The molecule has 6 rings (SSSR count). The zero-order valence-corrected chi connectivity index (χ0v) is 21.0. The van der Waals surface area contributed by atoms with Crippen LogP contribution in [-0.2, 0) is 0 Å². The van der Waals surface area contributed by atoms with Gasteiger partial charge in [0.05, 0.1) is 10.6 Å². The Morgan fingerprint density at radius 1 is 0.378 bits per heavy atom. The minimum atomic E-state index is -3.22. The fourth-order valence-electron chi connectivity index (χ4n) is 4.92. The minimum Gasteiger partial charge on any atom is -0.265 e. The summed E-state index contributed by atoms with van der Waals surface area (Å²) < 4.78 is 0. The predicted octanol–water partition coefficient (Wildman–Crippen LogP) is 3.37. The number of pyridine rings is 5. The molecule has 0 amide bonds. The molecule has 5 nitrogen and oxygen atoms in total. The van der Waals surface area contributed by atoms with Gasteiger partial charge in [-0.25, -0.2) is 0 Å². The highest BCUT2D eigenvalue weighted by Crippen LogP contribution is 2.23. The predicted molar refractivity (Wildman–Crippen MR) is 150 cm³/mol. The van der Waals surface area contributed by atoms with Crippen molar-refractivity contribution in [1.29, 1.82) is 0 Å². The summed E-state index contributed by atoms with van der Waals surface area (Å²) in [5.41, 5.74) is 4.21. The molecule has 0 saturated carbocycles. The van der Waals surface area contributed by atoms with Crippen molar-refractivity contribution in [1.82, 2.24) is 24.9 Å². The van der Waals surface area contributed by atoms with Crippen LogP contribution in [0.2, 0.25) is 0 Å². The van der Waals surface area contributed by atoms with E-state index in [1.165, 1.54) is 0 Å². The van der Waals surface area contributed by atoms with Crippen molar-refractivity contribution in [2.45, 2.75) is 0 Å². The second-order valence-corrected chi connectivity index (χ2v) is 12.1. The minimum absolute atomic E-state index is 0.929. The molecular formula is C31H23N5Si. The molecule has 1 aromatic carbocycles. The number of nitrogens with zero attached hydrogens (tertiary/aromatic N) is 5. The van der Waals surface area contributed by atoms with Crippen molar-refractivity contribution < 1.29 is 0 Å². The van der Waals surface area contributed by atoms with Gasteiger partial charge in [-0.15, -0.1) is 0 Å². The number of hydrogen-bond acceptors (Lipinski definition) is 5. The molecule has 6 heteroatoms. The molecule has 0 radical (unpaired) electrons. The van der Waals surface area contributed by atoms with Crippen LogP contribution < -0.4 is 21.3 Å². The fraction of sp³-hybridized carbons (Fsp3) is 0. The molecule has 0 aliphatic heterocycles. The molecule has 37 heavy (non-hydrogen) atoms. The van der Waals surface area contributed by atoms with Crippen molar-refractivity contribution in [3.05, 3.63) is 140 Å². The van der Waals surface area contributed by atoms with Crippen molar-refractivity contribution in [3.63, 3.8) is 0 Å². The molecule has 6 aromatic rings. The first-order valence-electron chi connectivity index (χ1n) is 12.1. The summed E-state index contributed by atoms with van der Waals surface area (Å²) in [5, 5.41) is 3.75. The molecule has 176 valence electrons. The van der Waals surface area contributed by atoms with Crippen molar-refractivity contribution >= 4 is 29.3 Å². The van der Waals surface area contributed by atoms with E-state index in [0.717, 1.165) is 43.5 Å². The Kier molecular flexibility index (Phi) is 6.15. The van der Waals surface area contributed by atoms with Gasteiger partial charge in [-0.3, -0.25) is 24.9 Å². The van der Waals surface area contributed by atoms with E-state index >= 15 is 0 Å². The molecule has 0 aliphatic rings. The average Bonchev–Trinajstić information content (AvgIpc) is 3.00. The van der Waals surface area contributed by atoms with E-state index in [9.17, 15) is 0 Å². The van der Waals surface area contributed by atoms with Gasteiger partial charge in [-0.05, 0) is 59.7 Å². The molecule has 0 fully saturated rings. The fourth-order valence-corrected chi connectivity index (χ4v) is 9.41. The third-order valence-electron chi connectivity index (χ3n) is 6.50. The van der Waals surface area contributed by atoms with Gasteiger partial charge in [-0.1, -0.05) is 54.6 Å². The highest BCUT2D eigenvalue weighted by molar-refractivity contribution is 7.19. The number of rotatable bonds is 6. The summed E-state index contributed by atoms with van der Waals surface area (Å²) in [5.74, 6) is 0. The Balaban J connectivity index is 1.80. The smallest absolute Gasteiger partial charge is 0.264 e. The summed E-state index contributed by atoms with van der Waals surface area (Å²) >= 11 is 0. The largest absolute Gasteiger partial charge is 0.265 e. The van der Waals surface area contributed by atoms with Crippen molar-refractivity contribution in [3.8, 4) is 22.3 Å². The van der Waals surface area contributed by atoms with Crippen LogP contribution in [0.3, 0.4) is 0 Å². The van der Waals surface area contributed by atoms with Crippen LogP contribution in [0.4, 0.5) is 0 Å². The van der Waals surface area contributed by atoms with Crippen LogP contribution in [0.25, 0.3) is 22.3 Å². The van der Waals surface area contributed by atoms with Crippen molar-refractivity contribution in [2.75, 3.05) is 0 Å². The van der Waals surface area contributed by atoms with E-state index in [2.05, 4.69) is 53.5 Å². The van der Waals surface area contributed by atoms with Crippen molar-refractivity contribution in [2.24, 2.45) is 0 Å². The van der Waals surface area contributed by atoms with Gasteiger partial charge >= 0.3 is 0 Å². The number of hydrogen-bond donors (Lipinski definition) is 0. The molecule has 0 unspecified atom stereocenters. The second kappa shape index (κ2) is 10.0. The van der Waals surface area contributed by atoms with Gasteiger partial charge in [0.2, 0.25) is 0 Å². The maximum absolute atomic E-state index is 5.12. The van der Waals surface area contributed by atoms with E-state index in [0.29, 0.717) is 0 Å². The van der Waals surface area contributed by atoms with Gasteiger partial charge in [0.1, 0.15) is 0 Å². The van der Waals surface area contributed by atoms with Crippen LogP contribution >= 0.6 is 0 Å². The average molecular weight is 494 g/mol. The van der Waals surface area contributed by atoms with E-state index in [4.69, 9.17) is 19.9 Å². The Bertz CT molecular complexity index is 1490. The topological polar surface area (TPSA) is 64.5 Å². The first-order valence-corrected chi connectivity index (χ1v) is 14.1. The normalized spacial score (nSPS) is 11.2. The van der Waals surface area contributed by atoms with Gasteiger partial charge in [0.25, 0.3) is 8.07 Å². The van der Waals surface area contributed by atoms with Crippen LogP contribution in [0.1, 0.15) is 0 Å². The highest BCUT2D eigenvalue weighted by atomic mass is 28.3. The molecule has 0 spiro atoms. The van der Waals surface area contributed by atoms with Crippen LogP contribution in [-0.4, -0.2) is 33.0 Å². The molecule has 0 saturated heterocycles. The highest BCUT2D eigenvalue weighted by Gasteiger charge is 2.50. The lowest BCUT2D eigenvalue weighted by molar-refractivity contribution is 1.29. The lowest BCUT2D eigenvalue weighted by atomic mass is 10.1. The lowest BCUT2D eigenvalue weighted by Crippen LogP contribution is -2.78. The Morgan fingerprint density at radius 2 is 0.865 bits per heavy atom. The zero-order valence-electron chi connectivity index (χ0n) is 20.0. The second-order valence-electron chi connectivity index (χ2n) is 8.58. The maximum atomic E-state index is 5.12. The molecule has 0 bridgehead atoms. The molecule has 5 aromatic heterocycles. The quantitative estimate of drug-likeness (QED) is 0.333.